The van der Waals surface area contributed by atoms with Crippen LogP contribution in [0.5, 0.6) is 0 Å². The number of carboxylic acids is 1. The maximum atomic E-state index is 11.1. The maximum Gasteiger partial charge on any atom is 0.408 e. The summed E-state index contributed by atoms with van der Waals surface area (Å²) in [6, 6.07) is -1.16. The minimum Gasteiger partial charge on any atom is -0.480 e. The number of amides is 1. The summed E-state index contributed by atoms with van der Waals surface area (Å²) in [4.78, 5) is 32.8. The Bertz CT molecular complexity index is 324. The number of aliphatic carboxylic acids is 1. The van der Waals surface area contributed by atoms with E-state index in [1.807, 2.05) is 0 Å². The zero-order valence-electron chi connectivity index (χ0n) is 9.35. The molecule has 0 aliphatic carbocycles. The molecule has 94 valence electrons. The summed E-state index contributed by atoms with van der Waals surface area (Å²) in [5.41, 5.74) is 0. The van der Waals surface area contributed by atoms with E-state index in [0.717, 1.165) is 6.08 Å². The van der Waals surface area contributed by atoms with E-state index in [2.05, 4.69) is 23.2 Å². The van der Waals surface area contributed by atoms with Crippen molar-refractivity contribution in [3.05, 3.63) is 25.3 Å². The number of carbonyl (C=O) groups excluding carboxylic acids is 2. The number of carboxylic acid groups (broad SMARTS) is 1. The lowest BCUT2D eigenvalue weighted by molar-refractivity contribution is -0.139. The lowest BCUT2D eigenvalue weighted by atomic mass is 10.1. The first kappa shape index (κ1) is 14.9. The second-order valence-corrected chi connectivity index (χ2v) is 3.13. The summed E-state index contributed by atoms with van der Waals surface area (Å²) in [5, 5.41) is 10.9. The van der Waals surface area contributed by atoms with Crippen LogP contribution in [0.1, 0.15) is 12.8 Å². The SMILES string of the molecule is C=CCOC(=O)N[C@@H](CCC(=O)C=C)C(=O)O. The molecule has 0 saturated heterocycles. The van der Waals surface area contributed by atoms with Gasteiger partial charge in [-0.05, 0) is 12.5 Å². The van der Waals surface area contributed by atoms with Crippen LogP contribution in [0.15, 0.2) is 25.3 Å². The Hall–Kier alpha value is -2.11. The van der Waals surface area contributed by atoms with Crippen LogP contribution in [0.2, 0.25) is 0 Å². The van der Waals surface area contributed by atoms with Gasteiger partial charge in [-0.25, -0.2) is 9.59 Å². The highest BCUT2D eigenvalue weighted by atomic mass is 16.5. The molecule has 0 aromatic carbocycles. The number of rotatable bonds is 8. The molecule has 1 atom stereocenters. The Morgan fingerprint density at radius 3 is 2.47 bits per heavy atom. The van der Waals surface area contributed by atoms with Gasteiger partial charge in [-0.1, -0.05) is 19.2 Å². The fraction of sp³-hybridized carbons (Fsp3) is 0.364. The van der Waals surface area contributed by atoms with E-state index in [9.17, 15) is 14.4 Å². The molecule has 2 N–H and O–H groups in total. The number of carbonyl (C=O) groups is 3. The predicted molar refractivity (Wildman–Crippen MR) is 60.5 cm³/mol. The van der Waals surface area contributed by atoms with Gasteiger partial charge in [-0.2, -0.15) is 0 Å². The van der Waals surface area contributed by atoms with Crippen molar-refractivity contribution in [1.82, 2.24) is 5.32 Å². The molecule has 0 fully saturated rings. The van der Waals surface area contributed by atoms with E-state index >= 15 is 0 Å². The number of nitrogens with one attached hydrogen (secondary N) is 1. The summed E-state index contributed by atoms with van der Waals surface area (Å²) >= 11 is 0. The number of hydrogen-bond donors (Lipinski definition) is 2. The van der Waals surface area contributed by atoms with E-state index in [-0.39, 0.29) is 25.2 Å². The number of ketones is 1. The summed E-state index contributed by atoms with van der Waals surface area (Å²) in [6.07, 6.45) is 1.60. The number of ether oxygens (including phenoxy) is 1. The Kier molecular flexibility index (Phi) is 7.09. The van der Waals surface area contributed by atoms with Crippen LogP contribution < -0.4 is 5.32 Å². The van der Waals surface area contributed by atoms with Crippen molar-refractivity contribution in [1.29, 1.82) is 0 Å². The smallest absolute Gasteiger partial charge is 0.408 e. The van der Waals surface area contributed by atoms with Crippen LogP contribution in [0.25, 0.3) is 0 Å². The van der Waals surface area contributed by atoms with Crippen LogP contribution in [0.3, 0.4) is 0 Å². The third-order valence-corrected chi connectivity index (χ3v) is 1.83. The first-order valence-electron chi connectivity index (χ1n) is 4.93. The minimum atomic E-state index is -1.22. The van der Waals surface area contributed by atoms with Crippen LogP contribution in [0, 0.1) is 0 Å². The molecule has 0 heterocycles. The second kappa shape index (κ2) is 8.09. The standard InChI is InChI=1S/C11H15NO5/c1-3-7-17-11(16)12-9(10(14)15)6-5-8(13)4-2/h3-4,9H,1-2,5-7H2,(H,12,16)(H,14,15)/t9-/m0/s1. The topological polar surface area (TPSA) is 92.7 Å². The van der Waals surface area contributed by atoms with Gasteiger partial charge in [0.1, 0.15) is 12.6 Å². The van der Waals surface area contributed by atoms with E-state index in [1.54, 1.807) is 0 Å². The van der Waals surface area contributed by atoms with Crippen molar-refractivity contribution < 1.29 is 24.2 Å². The van der Waals surface area contributed by atoms with E-state index in [1.165, 1.54) is 6.08 Å². The highest BCUT2D eigenvalue weighted by Crippen LogP contribution is 2.00. The van der Waals surface area contributed by atoms with Gasteiger partial charge in [-0.3, -0.25) is 4.79 Å². The van der Waals surface area contributed by atoms with Crippen LogP contribution >= 0.6 is 0 Å². The van der Waals surface area contributed by atoms with Crippen LogP contribution in [0.4, 0.5) is 4.79 Å². The van der Waals surface area contributed by atoms with Crippen molar-refractivity contribution in [2.24, 2.45) is 0 Å². The molecule has 0 aromatic heterocycles. The van der Waals surface area contributed by atoms with E-state index in [0.29, 0.717) is 0 Å². The highest BCUT2D eigenvalue weighted by molar-refractivity contribution is 5.89. The fourth-order valence-corrected chi connectivity index (χ4v) is 0.965. The largest absolute Gasteiger partial charge is 0.480 e. The number of hydrogen-bond acceptors (Lipinski definition) is 4. The van der Waals surface area contributed by atoms with E-state index in [4.69, 9.17) is 5.11 Å². The summed E-state index contributed by atoms with van der Waals surface area (Å²) in [6.45, 7) is 6.60. The molecule has 0 aromatic rings. The van der Waals surface area contributed by atoms with Gasteiger partial charge >= 0.3 is 12.1 Å². The normalized spacial score (nSPS) is 11.1. The monoisotopic (exact) mass is 241 g/mol. The predicted octanol–water partition coefficient (Wildman–Crippen LogP) is 0.887. The quantitative estimate of drug-likeness (QED) is 0.486. The molecule has 1 amide bonds. The third kappa shape index (κ3) is 6.88. The summed E-state index contributed by atoms with van der Waals surface area (Å²) < 4.78 is 4.57. The zero-order valence-corrected chi connectivity index (χ0v) is 9.35. The lowest BCUT2D eigenvalue weighted by Crippen LogP contribution is -2.41. The van der Waals surface area contributed by atoms with Gasteiger partial charge in [0.2, 0.25) is 0 Å². The van der Waals surface area contributed by atoms with Crippen LogP contribution in [-0.2, 0) is 14.3 Å². The van der Waals surface area contributed by atoms with Crippen LogP contribution in [-0.4, -0.2) is 35.6 Å². The molecule has 0 saturated carbocycles. The molecule has 0 bridgehead atoms. The first-order chi connectivity index (χ1) is 8.01. The highest BCUT2D eigenvalue weighted by Gasteiger charge is 2.20. The lowest BCUT2D eigenvalue weighted by Gasteiger charge is -2.13. The average molecular weight is 241 g/mol. The van der Waals surface area contributed by atoms with E-state index < -0.39 is 18.1 Å². The van der Waals surface area contributed by atoms with Crippen molar-refractivity contribution in [2.45, 2.75) is 18.9 Å². The minimum absolute atomic E-state index is 0.00219. The molecule has 6 nitrogen and oxygen atoms in total. The van der Waals surface area contributed by atoms with Gasteiger partial charge < -0.3 is 15.2 Å². The number of allylic oxidation sites excluding steroid dienone is 1. The summed E-state index contributed by atoms with van der Waals surface area (Å²) in [5.74, 6) is -1.50. The van der Waals surface area contributed by atoms with Crippen molar-refractivity contribution in [3.8, 4) is 0 Å². The molecular weight excluding hydrogens is 226 g/mol. The maximum absolute atomic E-state index is 11.1. The van der Waals surface area contributed by atoms with Gasteiger partial charge in [0, 0.05) is 6.42 Å². The Morgan fingerprint density at radius 1 is 1.35 bits per heavy atom. The molecule has 0 radical (unpaired) electrons. The van der Waals surface area contributed by atoms with Crippen molar-refractivity contribution in [2.75, 3.05) is 6.61 Å². The Morgan fingerprint density at radius 2 is 2.00 bits per heavy atom. The third-order valence-electron chi connectivity index (χ3n) is 1.83. The van der Waals surface area contributed by atoms with Gasteiger partial charge in [0.25, 0.3) is 0 Å². The first-order valence-corrected chi connectivity index (χ1v) is 4.93. The molecule has 0 unspecified atom stereocenters. The molecular formula is C11H15NO5. The Labute approximate surface area is 99.0 Å². The number of alkyl carbamates (subject to hydrolysis) is 1. The Balaban J connectivity index is 4.19. The second-order valence-electron chi connectivity index (χ2n) is 3.13. The summed E-state index contributed by atoms with van der Waals surface area (Å²) in [7, 11) is 0. The van der Waals surface area contributed by atoms with Gasteiger partial charge in [0.05, 0.1) is 0 Å². The molecule has 6 heteroatoms. The molecule has 0 aliphatic heterocycles. The average Bonchev–Trinajstić information content (AvgIpc) is 2.30. The van der Waals surface area contributed by atoms with Crippen molar-refractivity contribution in [3.63, 3.8) is 0 Å². The van der Waals surface area contributed by atoms with Gasteiger partial charge in [0.15, 0.2) is 5.78 Å². The fourth-order valence-electron chi connectivity index (χ4n) is 0.965. The molecule has 17 heavy (non-hydrogen) atoms. The molecule has 0 rings (SSSR count). The van der Waals surface area contributed by atoms with Gasteiger partial charge in [-0.15, -0.1) is 0 Å². The molecule has 0 aliphatic rings. The zero-order chi connectivity index (χ0) is 13.3. The molecule has 0 spiro atoms. The van der Waals surface area contributed by atoms with Crippen molar-refractivity contribution >= 4 is 17.8 Å².